The molecule has 0 N–H and O–H groups in total. The molecule has 1 atom stereocenters. The van der Waals surface area contributed by atoms with Gasteiger partial charge >= 0.3 is 4.87 Å². The van der Waals surface area contributed by atoms with E-state index in [1.165, 1.54) is 11.3 Å². The molecule has 0 unspecified atom stereocenters. The van der Waals surface area contributed by atoms with Gasteiger partial charge < -0.3 is 14.4 Å². The summed E-state index contributed by atoms with van der Waals surface area (Å²) in [6.07, 6.45) is -0.599. The molecule has 3 heterocycles. The SMILES string of the molecule is Cc1csc(=O)n1CN1CCN(C(=O)[C@H]2COc3ccccc3O2)CC1. The first-order valence-corrected chi connectivity index (χ1v) is 9.54. The number of piperazine rings is 1. The fourth-order valence-corrected chi connectivity index (χ4v) is 3.96. The second-order valence-corrected chi connectivity index (χ2v) is 7.34. The average molecular weight is 375 g/mol. The molecule has 1 aromatic carbocycles. The van der Waals surface area contributed by atoms with Crippen LogP contribution in [0.15, 0.2) is 34.4 Å². The zero-order valence-corrected chi connectivity index (χ0v) is 15.4. The quantitative estimate of drug-likeness (QED) is 0.806. The Kier molecular flexibility index (Phi) is 4.69. The summed E-state index contributed by atoms with van der Waals surface area (Å²) in [5.41, 5.74) is 0.977. The molecular weight excluding hydrogens is 354 g/mol. The summed E-state index contributed by atoms with van der Waals surface area (Å²) in [5.74, 6) is 1.25. The normalized spacial score (nSPS) is 20.2. The van der Waals surface area contributed by atoms with Crippen LogP contribution in [0, 0.1) is 6.92 Å². The third-order valence-corrected chi connectivity index (χ3v) is 5.67. The van der Waals surface area contributed by atoms with E-state index in [4.69, 9.17) is 9.47 Å². The van der Waals surface area contributed by atoms with Gasteiger partial charge in [-0.2, -0.15) is 0 Å². The highest BCUT2D eigenvalue weighted by Crippen LogP contribution is 2.31. The van der Waals surface area contributed by atoms with E-state index in [1.807, 2.05) is 41.5 Å². The molecule has 0 saturated carbocycles. The third-order valence-electron chi connectivity index (χ3n) is 4.79. The average Bonchev–Trinajstić information content (AvgIpc) is 2.99. The molecule has 0 bridgehead atoms. The molecular formula is C18H21N3O4S. The lowest BCUT2D eigenvalue weighted by Gasteiger charge is -2.37. The van der Waals surface area contributed by atoms with Gasteiger partial charge in [-0.3, -0.25) is 19.1 Å². The molecule has 1 amide bonds. The number of hydrogen-bond acceptors (Lipinski definition) is 6. The Balaban J connectivity index is 1.33. The molecule has 1 saturated heterocycles. The number of fused-ring (bicyclic) bond motifs is 1. The van der Waals surface area contributed by atoms with Crippen molar-refractivity contribution in [1.29, 1.82) is 0 Å². The van der Waals surface area contributed by atoms with Gasteiger partial charge in [0.2, 0.25) is 6.10 Å². The second-order valence-electron chi connectivity index (χ2n) is 6.52. The highest BCUT2D eigenvalue weighted by atomic mass is 32.1. The number of rotatable bonds is 3. The Hall–Kier alpha value is -2.32. The molecule has 138 valence electrons. The molecule has 8 heteroatoms. The van der Waals surface area contributed by atoms with Gasteiger partial charge in [0, 0.05) is 37.3 Å². The Morgan fingerprint density at radius 1 is 1.19 bits per heavy atom. The number of aromatic nitrogens is 1. The van der Waals surface area contributed by atoms with Crippen molar-refractivity contribution in [3.8, 4) is 11.5 Å². The summed E-state index contributed by atoms with van der Waals surface area (Å²) in [7, 11) is 0. The summed E-state index contributed by atoms with van der Waals surface area (Å²) < 4.78 is 13.2. The molecule has 0 aliphatic carbocycles. The van der Waals surface area contributed by atoms with Crippen LogP contribution in [0.3, 0.4) is 0 Å². The lowest BCUT2D eigenvalue weighted by atomic mass is 10.2. The Labute approximate surface area is 155 Å². The van der Waals surface area contributed by atoms with Gasteiger partial charge in [0.15, 0.2) is 11.5 Å². The summed E-state index contributed by atoms with van der Waals surface area (Å²) in [4.78, 5) is 28.7. The Morgan fingerprint density at radius 2 is 1.92 bits per heavy atom. The van der Waals surface area contributed by atoms with E-state index >= 15 is 0 Å². The van der Waals surface area contributed by atoms with Crippen LogP contribution < -0.4 is 14.3 Å². The fraction of sp³-hybridized carbons (Fsp3) is 0.444. The van der Waals surface area contributed by atoms with Gasteiger partial charge in [0.25, 0.3) is 5.91 Å². The molecule has 2 aliphatic heterocycles. The highest BCUT2D eigenvalue weighted by molar-refractivity contribution is 7.07. The molecule has 1 aromatic heterocycles. The summed E-state index contributed by atoms with van der Waals surface area (Å²) in [6.45, 7) is 5.47. The first-order valence-electron chi connectivity index (χ1n) is 8.66. The first kappa shape index (κ1) is 17.1. The van der Waals surface area contributed by atoms with Crippen molar-refractivity contribution < 1.29 is 14.3 Å². The highest BCUT2D eigenvalue weighted by Gasteiger charge is 2.32. The van der Waals surface area contributed by atoms with E-state index in [1.54, 1.807) is 4.57 Å². The molecule has 0 spiro atoms. The number of carbonyl (C=O) groups excluding carboxylic acids is 1. The van der Waals surface area contributed by atoms with Gasteiger partial charge in [-0.1, -0.05) is 23.5 Å². The lowest BCUT2D eigenvalue weighted by Crippen LogP contribution is -2.54. The zero-order chi connectivity index (χ0) is 18.1. The number of aryl methyl sites for hydroxylation is 1. The van der Waals surface area contributed by atoms with Crippen LogP contribution in [0.25, 0.3) is 0 Å². The van der Waals surface area contributed by atoms with E-state index in [0.717, 1.165) is 18.8 Å². The molecule has 1 fully saturated rings. The zero-order valence-electron chi connectivity index (χ0n) is 14.6. The van der Waals surface area contributed by atoms with Crippen LogP contribution in [0.5, 0.6) is 11.5 Å². The maximum absolute atomic E-state index is 12.7. The van der Waals surface area contributed by atoms with Crippen molar-refractivity contribution in [1.82, 2.24) is 14.4 Å². The maximum atomic E-state index is 12.7. The minimum absolute atomic E-state index is 0.0389. The smallest absolute Gasteiger partial charge is 0.308 e. The van der Waals surface area contributed by atoms with Crippen LogP contribution >= 0.6 is 11.3 Å². The number of para-hydroxylation sites is 2. The predicted octanol–water partition coefficient (Wildman–Crippen LogP) is 1.16. The summed E-state index contributed by atoms with van der Waals surface area (Å²) in [6, 6.07) is 7.39. The van der Waals surface area contributed by atoms with Crippen LogP contribution in [-0.2, 0) is 11.5 Å². The van der Waals surface area contributed by atoms with Gasteiger partial charge in [-0.05, 0) is 19.1 Å². The second kappa shape index (κ2) is 7.13. The standard InChI is InChI=1S/C18H21N3O4S/c1-13-11-26-18(23)21(13)12-19-6-8-20(9-7-19)17(22)16-10-24-14-4-2-3-5-15(14)25-16/h2-5,11,16H,6-10,12H2,1H3/t16-/m1/s1. The van der Waals surface area contributed by atoms with Crippen molar-refractivity contribution in [2.45, 2.75) is 19.7 Å². The fourth-order valence-electron chi connectivity index (χ4n) is 3.23. The lowest BCUT2D eigenvalue weighted by molar-refractivity contribution is -0.143. The molecule has 7 nitrogen and oxygen atoms in total. The number of thiazole rings is 1. The number of benzene rings is 1. The van der Waals surface area contributed by atoms with Crippen molar-refractivity contribution in [2.24, 2.45) is 0 Å². The van der Waals surface area contributed by atoms with Crippen LogP contribution in [-0.4, -0.2) is 59.2 Å². The van der Waals surface area contributed by atoms with Gasteiger partial charge in [-0.25, -0.2) is 0 Å². The minimum Gasteiger partial charge on any atom is -0.485 e. The van der Waals surface area contributed by atoms with Crippen LogP contribution in [0.4, 0.5) is 0 Å². The minimum atomic E-state index is -0.599. The van der Waals surface area contributed by atoms with E-state index < -0.39 is 6.10 Å². The van der Waals surface area contributed by atoms with Gasteiger partial charge in [0.1, 0.15) is 6.61 Å². The molecule has 2 aromatic rings. The van der Waals surface area contributed by atoms with Gasteiger partial charge in [-0.15, -0.1) is 0 Å². The monoisotopic (exact) mass is 375 g/mol. The van der Waals surface area contributed by atoms with E-state index in [-0.39, 0.29) is 17.4 Å². The maximum Gasteiger partial charge on any atom is 0.308 e. The molecule has 4 rings (SSSR count). The number of carbonyl (C=O) groups is 1. The topological polar surface area (TPSA) is 64.0 Å². The van der Waals surface area contributed by atoms with Crippen molar-refractivity contribution >= 4 is 17.2 Å². The van der Waals surface area contributed by atoms with E-state index in [9.17, 15) is 9.59 Å². The number of hydrogen-bond donors (Lipinski definition) is 0. The number of amides is 1. The van der Waals surface area contributed by atoms with Gasteiger partial charge in [0.05, 0.1) is 6.67 Å². The van der Waals surface area contributed by atoms with Crippen LogP contribution in [0.2, 0.25) is 0 Å². The van der Waals surface area contributed by atoms with E-state index in [0.29, 0.717) is 31.3 Å². The third kappa shape index (κ3) is 3.34. The first-order chi connectivity index (χ1) is 12.6. The van der Waals surface area contributed by atoms with Crippen molar-refractivity contribution in [3.05, 3.63) is 45.0 Å². The largest absolute Gasteiger partial charge is 0.485 e. The van der Waals surface area contributed by atoms with Crippen molar-refractivity contribution in [2.75, 3.05) is 32.8 Å². The van der Waals surface area contributed by atoms with Crippen molar-refractivity contribution in [3.63, 3.8) is 0 Å². The summed E-state index contributed by atoms with van der Waals surface area (Å²) in [5, 5.41) is 1.88. The number of ether oxygens (including phenoxy) is 2. The Bertz CT molecular complexity index is 854. The number of nitrogens with zero attached hydrogens (tertiary/aromatic N) is 3. The predicted molar refractivity (Wildman–Crippen MR) is 97.8 cm³/mol. The molecule has 26 heavy (non-hydrogen) atoms. The molecule has 2 aliphatic rings. The van der Waals surface area contributed by atoms with Crippen LogP contribution in [0.1, 0.15) is 5.69 Å². The summed E-state index contributed by atoms with van der Waals surface area (Å²) >= 11 is 1.22. The van der Waals surface area contributed by atoms with E-state index in [2.05, 4.69) is 4.90 Å². The Morgan fingerprint density at radius 3 is 2.62 bits per heavy atom. The molecule has 0 radical (unpaired) electrons.